The molecule has 0 radical (unpaired) electrons. The van der Waals surface area contributed by atoms with Crippen LogP contribution in [0, 0.1) is 5.82 Å². The van der Waals surface area contributed by atoms with Crippen molar-refractivity contribution < 1.29 is 14.2 Å². The number of rotatable bonds is 5. The third-order valence-corrected chi connectivity index (χ3v) is 3.22. The molecule has 0 saturated carbocycles. The quantitative estimate of drug-likeness (QED) is 0.891. The Morgan fingerprint density at radius 2 is 1.60 bits per heavy atom. The van der Waals surface area contributed by atoms with E-state index in [9.17, 15) is 9.50 Å². The summed E-state index contributed by atoms with van der Waals surface area (Å²) in [6.45, 7) is 4.27. The lowest BCUT2D eigenvalue weighted by molar-refractivity contribution is 0.106. The van der Waals surface area contributed by atoms with E-state index in [0.717, 1.165) is 5.56 Å². The summed E-state index contributed by atoms with van der Waals surface area (Å²) in [5.74, 6) is 0.191. The lowest BCUT2D eigenvalue weighted by Gasteiger charge is -2.14. The molecule has 2 rings (SSSR count). The van der Waals surface area contributed by atoms with Crippen LogP contribution in [0.15, 0.2) is 48.5 Å². The van der Waals surface area contributed by atoms with Gasteiger partial charge in [-0.2, -0.15) is 0 Å². The van der Waals surface area contributed by atoms with Gasteiger partial charge in [0.05, 0.1) is 0 Å². The number of benzene rings is 2. The molecule has 0 fully saturated rings. The molecular formula is C17H19FO2. The molecule has 2 nitrogen and oxygen atoms in total. The Morgan fingerprint density at radius 3 is 2.20 bits per heavy atom. The van der Waals surface area contributed by atoms with Crippen LogP contribution in [0.1, 0.15) is 37.0 Å². The normalized spacial score (nSPS) is 12.4. The van der Waals surface area contributed by atoms with Crippen molar-refractivity contribution in [2.45, 2.75) is 25.9 Å². The summed E-state index contributed by atoms with van der Waals surface area (Å²) in [5, 5.41) is 10.1. The minimum Gasteiger partial charge on any atom is -0.487 e. The second kappa shape index (κ2) is 6.53. The van der Waals surface area contributed by atoms with Gasteiger partial charge in [-0.05, 0) is 29.2 Å². The van der Waals surface area contributed by atoms with Gasteiger partial charge in [0, 0.05) is 0 Å². The fraction of sp³-hybridized carbons (Fsp3) is 0.294. The molecule has 2 aromatic carbocycles. The standard InChI is InChI=1S/C17H19FO2/c1-12(2)13-7-9-14(10-8-13)16(19)11-20-17-6-4-3-5-15(17)18/h3-10,12,16,19H,11H2,1-2H3. The molecule has 0 saturated heterocycles. The summed E-state index contributed by atoms with van der Waals surface area (Å²) in [6, 6.07) is 13.9. The van der Waals surface area contributed by atoms with Crippen LogP contribution in [0.25, 0.3) is 0 Å². The zero-order valence-electron chi connectivity index (χ0n) is 11.7. The van der Waals surface area contributed by atoms with E-state index in [-0.39, 0.29) is 12.4 Å². The van der Waals surface area contributed by atoms with Crippen LogP contribution in [-0.4, -0.2) is 11.7 Å². The molecule has 0 aliphatic rings. The van der Waals surface area contributed by atoms with Crippen molar-refractivity contribution in [1.82, 2.24) is 0 Å². The Bertz CT molecular complexity index is 549. The maximum absolute atomic E-state index is 13.4. The van der Waals surface area contributed by atoms with Gasteiger partial charge in [-0.15, -0.1) is 0 Å². The van der Waals surface area contributed by atoms with Gasteiger partial charge in [-0.3, -0.25) is 0 Å². The van der Waals surface area contributed by atoms with Gasteiger partial charge in [0.2, 0.25) is 0 Å². The molecule has 0 aliphatic carbocycles. The third-order valence-electron chi connectivity index (χ3n) is 3.22. The third kappa shape index (κ3) is 3.58. The Balaban J connectivity index is 1.98. The number of hydrogen-bond donors (Lipinski definition) is 1. The van der Waals surface area contributed by atoms with Crippen molar-refractivity contribution in [2.75, 3.05) is 6.61 Å². The first-order valence-electron chi connectivity index (χ1n) is 6.73. The fourth-order valence-electron chi connectivity index (χ4n) is 1.93. The second-order valence-corrected chi connectivity index (χ2v) is 5.08. The Hall–Kier alpha value is -1.87. The minimum absolute atomic E-state index is 0.0297. The summed E-state index contributed by atoms with van der Waals surface area (Å²) in [5.41, 5.74) is 1.99. The fourth-order valence-corrected chi connectivity index (χ4v) is 1.93. The SMILES string of the molecule is CC(C)c1ccc(C(O)COc2ccccc2F)cc1. The molecule has 20 heavy (non-hydrogen) atoms. The van der Waals surface area contributed by atoms with E-state index in [2.05, 4.69) is 13.8 Å². The maximum Gasteiger partial charge on any atom is 0.165 e. The molecule has 1 atom stereocenters. The van der Waals surface area contributed by atoms with E-state index in [4.69, 9.17) is 4.74 Å². The molecule has 1 unspecified atom stereocenters. The van der Waals surface area contributed by atoms with E-state index >= 15 is 0 Å². The molecule has 0 spiro atoms. The summed E-state index contributed by atoms with van der Waals surface area (Å²) >= 11 is 0. The Labute approximate surface area is 118 Å². The largest absolute Gasteiger partial charge is 0.487 e. The lowest BCUT2D eigenvalue weighted by Crippen LogP contribution is -2.10. The number of para-hydroxylation sites is 1. The molecule has 106 valence electrons. The molecule has 2 aromatic rings. The monoisotopic (exact) mass is 274 g/mol. The van der Waals surface area contributed by atoms with Crippen LogP contribution in [0.4, 0.5) is 4.39 Å². The Kier molecular flexibility index (Phi) is 4.74. The average Bonchev–Trinajstić information content (AvgIpc) is 2.46. The van der Waals surface area contributed by atoms with Gasteiger partial charge >= 0.3 is 0 Å². The summed E-state index contributed by atoms with van der Waals surface area (Å²) in [6.07, 6.45) is -0.768. The van der Waals surface area contributed by atoms with Gasteiger partial charge in [0.1, 0.15) is 12.7 Å². The highest BCUT2D eigenvalue weighted by molar-refractivity contribution is 5.27. The molecule has 0 amide bonds. The van der Waals surface area contributed by atoms with E-state index in [1.807, 2.05) is 24.3 Å². The average molecular weight is 274 g/mol. The highest BCUT2D eigenvalue weighted by Crippen LogP contribution is 2.21. The van der Waals surface area contributed by atoms with Crippen LogP contribution < -0.4 is 4.74 Å². The predicted molar refractivity (Wildman–Crippen MR) is 77.4 cm³/mol. The van der Waals surface area contributed by atoms with Crippen molar-refractivity contribution in [2.24, 2.45) is 0 Å². The van der Waals surface area contributed by atoms with Crippen molar-refractivity contribution in [3.8, 4) is 5.75 Å². The van der Waals surface area contributed by atoms with E-state index in [1.54, 1.807) is 18.2 Å². The molecule has 0 bridgehead atoms. The van der Waals surface area contributed by atoms with Crippen LogP contribution in [0.2, 0.25) is 0 Å². The number of aliphatic hydroxyl groups excluding tert-OH is 1. The van der Waals surface area contributed by atoms with Gasteiger partial charge in [-0.1, -0.05) is 50.2 Å². The van der Waals surface area contributed by atoms with Crippen molar-refractivity contribution in [3.63, 3.8) is 0 Å². The second-order valence-electron chi connectivity index (χ2n) is 5.08. The minimum atomic E-state index is -0.768. The van der Waals surface area contributed by atoms with Crippen LogP contribution in [0.5, 0.6) is 5.75 Å². The van der Waals surface area contributed by atoms with Crippen LogP contribution in [-0.2, 0) is 0 Å². The van der Waals surface area contributed by atoms with Crippen LogP contribution >= 0.6 is 0 Å². The highest BCUT2D eigenvalue weighted by Gasteiger charge is 2.10. The van der Waals surface area contributed by atoms with E-state index < -0.39 is 11.9 Å². The van der Waals surface area contributed by atoms with Crippen molar-refractivity contribution in [1.29, 1.82) is 0 Å². The molecule has 3 heteroatoms. The Morgan fingerprint density at radius 1 is 1.00 bits per heavy atom. The maximum atomic E-state index is 13.4. The van der Waals surface area contributed by atoms with Gasteiger partial charge in [-0.25, -0.2) is 4.39 Å². The van der Waals surface area contributed by atoms with Crippen LogP contribution in [0.3, 0.4) is 0 Å². The zero-order valence-corrected chi connectivity index (χ0v) is 11.7. The van der Waals surface area contributed by atoms with Gasteiger partial charge in [0.25, 0.3) is 0 Å². The highest BCUT2D eigenvalue weighted by atomic mass is 19.1. The molecular weight excluding hydrogens is 255 g/mol. The summed E-state index contributed by atoms with van der Waals surface area (Å²) < 4.78 is 18.7. The molecule has 0 heterocycles. The molecule has 0 aliphatic heterocycles. The number of halogens is 1. The number of aliphatic hydroxyl groups is 1. The van der Waals surface area contributed by atoms with Gasteiger partial charge in [0.15, 0.2) is 11.6 Å². The first kappa shape index (κ1) is 14.5. The first-order chi connectivity index (χ1) is 9.58. The smallest absolute Gasteiger partial charge is 0.165 e. The zero-order chi connectivity index (χ0) is 14.5. The van der Waals surface area contributed by atoms with Crippen molar-refractivity contribution >= 4 is 0 Å². The number of ether oxygens (including phenoxy) is 1. The molecule has 0 aromatic heterocycles. The predicted octanol–water partition coefficient (Wildman–Crippen LogP) is 4.06. The number of hydrogen-bond acceptors (Lipinski definition) is 2. The van der Waals surface area contributed by atoms with E-state index in [0.29, 0.717) is 5.92 Å². The van der Waals surface area contributed by atoms with Crippen molar-refractivity contribution in [3.05, 3.63) is 65.5 Å². The molecule has 1 N–H and O–H groups in total. The lowest BCUT2D eigenvalue weighted by atomic mass is 10.0. The van der Waals surface area contributed by atoms with Gasteiger partial charge < -0.3 is 9.84 Å². The topological polar surface area (TPSA) is 29.5 Å². The summed E-state index contributed by atoms with van der Waals surface area (Å²) in [7, 11) is 0. The van der Waals surface area contributed by atoms with E-state index in [1.165, 1.54) is 11.6 Å². The first-order valence-corrected chi connectivity index (χ1v) is 6.73. The summed E-state index contributed by atoms with van der Waals surface area (Å²) in [4.78, 5) is 0.